The van der Waals surface area contributed by atoms with Crippen molar-refractivity contribution in [2.45, 2.75) is 30.9 Å². The fraction of sp³-hybridized carbons (Fsp3) is 0.357. The van der Waals surface area contributed by atoms with Crippen molar-refractivity contribution >= 4 is 35.6 Å². The molecule has 0 saturated heterocycles. The van der Waals surface area contributed by atoms with Crippen LogP contribution in [-0.4, -0.2) is 4.98 Å². The third-order valence-electron chi connectivity index (χ3n) is 3.12. The first-order valence-corrected chi connectivity index (χ1v) is 7.92. The molecule has 0 bridgehead atoms. The summed E-state index contributed by atoms with van der Waals surface area (Å²) in [5.41, 5.74) is 2.52. The Labute approximate surface area is 122 Å². The van der Waals surface area contributed by atoms with Crippen molar-refractivity contribution in [3.05, 3.63) is 50.4 Å². The van der Waals surface area contributed by atoms with Crippen LogP contribution >= 0.6 is 35.6 Å². The topological polar surface area (TPSA) is 12.9 Å². The van der Waals surface area contributed by atoms with Gasteiger partial charge in [0.1, 0.15) is 0 Å². The van der Waals surface area contributed by atoms with E-state index in [9.17, 15) is 0 Å². The SMILES string of the molecule is SCc1sc(Cc2cccc(Cl)c2)nc1C1CC1. The summed E-state index contributed by atoms with van der Waals surface area (Å²) in [5.74, 6) is 1.51. The number of benzene rings is 1. The van der Waals surface area contributed by atoms with Crippen LogP contribution in [0.3, 0.4) is 0 Å². The van der Waals surface area contributed by atoms with Gasteiger partial charge in [0, 0.05) is 28.0 Å². The lowest BCUT2D eigenvalue weighted by atomic mass is 10.1. The predicted octanol–water partition coefficient (Wildman–Crippen LogP) is 4.69. The Morgan fingerprint density at radius 1 is 1.39 bits per heavy atom. The number of thiazole rings is 1. The maximum Gasteiger partial charge on any atom is 0.0975 e. The molecule has 1 heterocycles. The molecule has 0 aliphatic heterocycles. The molecule has 1 aliphatic carbocycles. The van der Waals surface area contributed by atoms with Gasteiger partial charge in [0.15, 0.2) is 0 Å². The zero-order chi connectivity index (χ0) is 12.5. The largest absolute Gasteiger partial charge is 0.245 e. The third-order valence-corrected chi connectivity index (χ3v) is 4.96. The van der Waals surface area contributed by atoms with Crippen LogP contribution in [0, 0.1) is 0 Å². The Balaban J connectivity index is 1.84. The maximum absolute atomic E-state index is 6.01. The van der Waals surface area contributed by atoms with Crippen molar-refractivity contribution in [2.75, 3.05) is 0 Å². The molecule has 1 saturated carbocycles. The monoisotopic (exact) mass is 295 g/mol. The number of rotatable bonds is 4. The zero-order valence-corrected chi connectivity index (χ0v) is 12.4. The van der Waals surface area contributed by atoms with Gasteiger partial charge in [-0.1, -0.05) is 23.7 Å². The molecule has 0 N–H and O–H groups in total. The number of nitrogens with zero attached hydrogens (tertiary/aromatic N) is 1. The molecule has 1 aromatic carbocycles. The first-order chi connectivity index (χ1) is 8.76. The first-order valence-electron chi connectivity index (χ1n) is 6.10. The molecule has 3 rings (SSSR count). The van der Waals surface area contributed by atoms with Crippen LogP contribution in [0.1, 0.15) is 39.9 Å². The summed E-state index contributed by atoms with van der Waals surface area (Å²) in [7, 11) is 0. The van der Waals surface area contributed by atoms with Crippen LogP contribution in [0.15, 0.2) is 24.3 Å². The molecule has 0 amide bonds. The van der Waals surface area contributed by atoms with E-state index in [0.717, 1.165) is 17.2 Å². The lowest BCUT2D eigenvalue weighted by molar-refractivity contribution is 0.992. The molecule has 1 aliphatic rings. The Hall–Kier alpha value is -0.510. The molecule has 0 atom stereocenters. The molecule has 0 radical (unpaired) electrons. The summed E-state index contributed by atoms with van der Waals surface area (Å²) >= 11 is 12.2. The maximum atomic E-state index is 6.01. The number of hydrogen-bond acceptors (Lipinski definition) is 3. The molecule has 1 aromatic heterocycles. The normalized spacial score (nSPS) is 15.0. The smallest absolute Gasteiger partial charge is 0.0975 e. The van der Waals surface area contributed by atoms with Crippen LogP contribution in [0.25, 0.3) is 0 Å². The van der Waals surface area contributed by atoms with E-state index < -0.39 is 0 Å². The zero-order valence-electron chi connectivity index (χ0n) is 9.90. The van der Waals surface area contributed by atoms with Crippen molar-refractivity contribution in [3.8, 4) is 0 Å². The molecule has 1 fully saturated rings. The second kappa shape index (κ2) is 5.24. The second-order valence-corrected chi connectivity index (χ2v) is 6.58. The van der Waals surface area contributed by atoms with Crippen molar-refractivity contribution in [2.24, 2.45) is 0 Å². The number of halogens is 1. The van der Waals surface area contributed by atoms with Gasteiger partial charge in [0.05, 0.1) is 10.7 Å². The van der Waals surface area contributed by atoms with Crippen molar-refractivity contribution in [1.29, 1.82) is 0 Å². The summed E-state index contributed by atoms with van der Waals surface area (Å²) in [4.78, 5) is 6.14. The minimum Gasteiger partial charge on any atom is -0.245 e. The molecule has 0 spiro atoms. The Morgan fingerprint density at radius 2 is 2.22 bits per heavy atom. The van der Waals surface area contributed by atoms with Gasteiger partial charge in [-0.25, -0.2) is 4.98 Å². The quantitative estimate of drug-likeness (QED) is 0.807. The summed E-state index contributed by atoms with van der Waals surface area (Å²) in [6.07, 6.45) is 3.46. The van der Waals surface area contributed by atoms with Gasteiger partial charge >= 0.3 is 0 Å². The first kappa shape index (κ1) is 12.5. The van der Waals surface area contributed by atoms with Crippen molar-refractivity contribution < 1.29 is 0 Å². The number of hydrogen-bond donors (Lipinski definition) is 1. The van der Waals surface area contributed by atoms with Gasteiger partial charge in [-0.3, -0.25) is 0 Å². The molecule has 0 unspecified atom stereocenters. The summed E-state index contributed by atoms with van der Waals surface area (Å²) in [6, 6.07) is 8.01. The molecular weight excluding hydrogens is 282 g/mol. The standard InChI is InChI=1S/C14H14ClNS2/c15-11-3-1-2-9(6-11)7-13-16-14(10-4-5-10)12(8-17)18-13/h1-3,6,10,17H,4-5,7-8H2. The number of thiol groups is 1. The van der Waals surface area contributed by atoms with E-state index in [4.69, 9.17) is 16.6 Å². The van der Waals surface area contributed by atoms with Crippen molar-refractivity contribution in [3.63, 3.8) is 0 Å². The Kier molecular flexibility index (Phi) is 3.64. The van der Waals surface area contributed by atoms with E-state index >= 15 is 0 Å². The highest BCUT2D eigenvalue weighted by Crippen LogP contribution is 2.43. The summed E-state index contributed by atoms with van der Waals surface area (Å²) < 4.78 is 0. The van der Waals surface area contributed by atoms with Gasteiger partial charge in [-0.2, -0.15) is 12.6 Å². The second-order valence-electron chi connectivity index (χ2n) is 4.66. The highest BCUT2D eigenvalue weighted by molar-refractivity contribution is 7.79. The Bertz CT molecular complexity index is 561. The molecular formula is C14H14ClNS2. The van der Waals surface area contributed by atoms with Gasteiger partial charge < -0.3 is 0 Å². The highest BCUT2D eigenvalue weighted by Gasteiger charge is 2.29. The van der Waals surface area contributed by atoms with Crippen molar-refractivity contribution in [1.82, 2.24) is 4.98 Å². The van der Waals surface area contributed by atoms with Crippen LogP contribution < -0.4 is 0 Å². The Morgan fingerprint density at radius 3 is 2.89 bits per heavy atom. The summed E-state index contributed by atoms with van der Waals surface area (Å²) in [6.45, 7) is 0. The molecule has 94 valence electrons. The molecule has 4 heteroatoms. The molecule has 18 heavy (non-hydrogen) atoms. The van der Waals surface area contributed by atoms with E-state index in [0.29, 0.717) is 5.92 Å². The summed E-state index contributed by atoms with van der Waals surface area (Å²) in [5, 5.41) is 1.98. The van der Waals surface area contributed by atoms with E-state index in [-0.39, 0.29) is 0 Å². The fourth-order valence-electron chi connectivity index (χ4n) is 2.10. The highest BCUT2D eigenvalue weighted by atomic mass is 35.5. The van der Waals surface area contributed by atoms with Crippen LogP contribution in [0.4, 0.5) is 0 Å². The lowest BCUT2D eigenvalue weighted by Gasteiger charge is -1.98. The van der Waals surface area contributed by atoms with E-state index in [1.165, 1.54) is 34.0 Å². The minimum absolute atomic E-state index is 0.705. The molecule has 1 nitrogen and oxygen atoms in total. The average molecular weight is 296 g/mol. The van der Waals surface area contributed by atoms with Crippen LogP contribution in [0.2, 0.25) is 5.02 Å². The van der Waals surface area contributed by atoms with Gasteiger partial charge in [0.2, 0.25) is 0 Å². The van der Waals surface area contributed by atoms with E-state index in [1.807, 2.05) is 18.2 Å². The average Bonchev–Trinajstić information content (AvgIpc) is 3.11. The van der Waals surface area contributed by atoms with E-state index in [2.05, 4.69) is 18.7 Å². The predicted molar refractivity (Wildman–Crippen MR) is 81.0 cm³/mol. The fourth-order valence-corrected chi connectivity index (χ4v) is 3.72. The van der Waals surface area contributed by atoms with Crippen LogP contribution in [-0.2, 0) is 12.2 Å². The lowest BCUT2D eigenvalue weighted by Crippen LogP contribution is -1.89. The van der Waals surface area contributed by atoms with Gasteiger partial charge in [-0.05, 0) is 30.5 Å². The van der Waals surface area contributed by atoms with Crippen LogP contribution in [0.5, 0.6) is 0 Å². The van der Waals surface area contributed by atoms with E-state index in [1.54, 1.807) is 11.3 Å². The van der Waals surface area contributed by atoms with Gasteiger partial charge in [-0.15, -0.1) is 11.3 Å². The third kappa shape index (κ3) is 2.73. The minimum atomic E-state index is 0.705. The van der Waals surface area contributed by atoms with Gasteiger partial charge in [0.25, 0.3) is 0 Å². The number of aromatic nitrogens is 1. The molecule has 2 aromatic rings.